The molecule has 2 N–H and O–H groups in total. The number of phenolic OH excluding ortho intramolecular Hbond substituents is 2. The summed E-state index contributed by atoms with van der Waals surface area (Å²) in [5, 5.41) is 20.0. The van der Waals surface area contributed by atoms with Gasteiger partial charge < -0.3 is 10.2 Å². The van der Waals surface area contributed by atoms with Crippen molar-refractivity contribution in [3.63, 3.8) is 0 Å². The predicted octanol–water partition coefficient (Wildman–Crippen LogP) is 7.25. The molecule has 0 saturated heterocycles. The number of rotatable bonds is 4. The monoisotopic (exact) mass is 568 g/mol. The van der Waals surface area contributed by atoms with E-state index in [4.69, 9.17) is 0 Å². The second-order valence-electron chi connectivity index (χ2n) is 5.37. The van der Waals surface area contributed by atoms with Crippen LogP contribution >= 0.6 is 63.7 Å². The number of hydrogen-bond acceptors (Lipinski definition) is 2. The van der Waals surface area contributed by atoms with E-state index in [0.717, 1.165) is 24.0 Å². The van der Waals surface area contributed by atoms with Crippen LogP contribution in [0.1, 0.15) is 37.8 Å². The second kappa shape index (κ2) is 7.46. The summed E-state index contributed by atoms with van der Waals surface area (Å²) in [6.45, 7) is 4.29. The van der Waals surface area contributed by atoms with Gasteiger partial charge in [-0.3, -0.25) is 0 Å². The van der Waals surface area contributed by atoms with Gasteiger partial charge in [0, 0.05) is 5.41 Å². The molecule has 0 bridgehead atoms. The smallest absolute Gasteiger partial charge is 0.143 e. The van der Waals surface area contributed by atoms with Crippen molar-refractivity contribution in [2.24, 2.45) is 0 Å². The summed E-state index contributed by atoms with van der Waals surface area (Å²) in [6, 6.07) is 7.84. The molecule has 0 aliphatic heterocycles. The molecule has 0 unspecified atom stereocenters. The Morgan fingerprint density at radius 3 is 1.17 bits per heavy atom. The van der Waals surface area contributed by atoms with Crippen molar-refractivity contribution < 1.29 is 10.2 Å². The van der Waals surface area contributed by atoms with Gasteiger partial charge in [0.05, 0.1) is 17.9 Å². The summed E-state index contributed by atoms with van der Waals surface area (Å²) in [4.78, 5) is 0. The first kappa shape index (κ1) is 19.3. The van der Waals surface area contributed by atoms with Crippen LogP contribution in [0.25, 0.3) is 0 Å². The molecule has 0 fully saturated rings. The predicted molar refractivity (Wildman–Crippen MR) is 108 cm³/mol. The zero-order valence-corrected chi connectivity index (χ0v) is 19.0. The van der Waals surface area contributed by atoms with Crippen molar-refractivity contribution in [2.45, 2.75) is 32.1 Å². The lowest BCUT2D eigenvalue weighted by atomic mass is 9.70. The largest absolute Gasteiger partial charge is 0.506 e. The molecule has 2 nitrogen and oxygen atoms in total. The van der Waals surface area contributed by atoms with Crippen LogP contribution in [0.3, 0.4) is 0 Å². The molecule has 0 spiro atoms. The Kier molecular flexibility index (Phi) is 6.26. The molecule has 124 valence electrons. The molecule has 2 rings (SSSR count). The second-order valence-corrected chi connectivity index (χ2v) is 8.78. The van der Waals surface area contributed by atoms with Crippen molar-refractivity contribution in [3.8, 4) is 11.5 Å². The molecule has 0 atom stereocenters. The molecule has 0 aromatic heterocycles. The Hall–Kier alpha value is -0.0400. The minimum atomic E-state index is -0.225. The minimum absolute atomic E-state index is 0.197. The van der Waals surface area contributed by atoms with E-state index in [1.165, 1.54) is 0 Å². The van der Waals surface area contributed by atoms with Gasteiger partial charge in [0.2, 0.25) is 0 Å². The lowest BCUT2D eigenvalue weighted by molar-refractivity contribution is 0.454. The first-order valence-electron chi connectivity index (χ1n) is 7.13. The van der Waals surface area contributed by atoms with Crippen molar-refractivity contribution in [3.05, 3.63) is 53.3 Å². The van der Waals surface area contributed by atoms with E-state index >= 15 is 0 Å². The molecule has 23 heavy (non-hydrogen) atoms. The van der Waals surface area contributed by atoms with Gasteiger partial charge in [-0.05, 0) is 112 Å². The lowest BCUT2D eigenvalue weighted by Crippen LogP contribution is -2.26. The Balaban J connectivity index is 2.74. The summed E-state index contributed by atoms with van der Waals surface area (Å²) in [7, 11) is 0. The molecule has 2 aromatic rings. The fraction of sp³-hybridized carbons (Fsp3) is 0.294. The van der Waals surface area contributed by atoms with E-state index in [1.807, 2.05) is 24.3 Å². The van der Waals surface area contributed by atoms with Crippen LogP contribution in [0.4, 0.5) is 0 Å². The van der Waals surface area contributed by atoms with Gasteiger partial charge >= 0.3 is 0 Å². The average molecular weight is 572 g/mol. The molecule has 0 radical (unpaired) electrons. The van der Waals surface area contributed by atoms with Gasteiger partial charge in [0.25, 0.3) is 0 Å². The van der Waals surface area contributed by atoms with Crippen LogP contribution in [0, 0.1) is 0 Å². The molecule has 0 heterocycles. The van der Waals surface area contributed by atoms with Crippen LogP contribution in [0.15, 0.2) is 42.2 Å². The molecule has 0 aliphatic carbocycles. The highest BCUT2D eigenvalue weighted by Crippen LogP contribution is 2.46. The van der Waals surface area contributed by atoms with Gasteiger partial charge in [0.15, 0.2) is 0 Å². The SMILES string of the molecule is CCC(CC)(c1cc(Br)c(O)c(Br)c1)c1cc(Br)c(O)c(Br)c1. The van der Waals surface area contributed by atoms with E-state index < -0.39 is 0 Å². The third-order valence-corrected chi connectivity index (χ3v) is 6.76. The first-order valence-corrected chi connectivity index (χ1v) is 10.3. The van der Waals surface area contributed by atoms with Gasteiger partial charge in [0.1, 0.15) is 11.5 Å². The fourth-order valence-corrected chi connectivity index (χ4v) is 5.29. The van der Waals surface area contributed by atoms with E-state index in [1.54, 1.807) is 0 Å². The molecule has 2 aromatic carbocycles. The summed E-state index contributed by atoms with van der Waals surface area (Å²) in [5.74, 6) is 0.394. The molecule has 0 amide bonds. The van der Waals surface area contributed by atoms with Crippen LogP contribution in [-0.2, 0) is 5.41 Å². The van der Waals surface area contributed by atoms with Crippen LogP contribution in [0.2, 0.25) is 0 Å². The average Bonchev–Trinajstić information content (AvgIpc) is 2.51. The maximum absolute atomic E-state index is 10.00. The molecule has 0 aliphatic rings. The summed E-state index contributed by atoms with van der Waals surface area (Å²) >= 11 is 13.7. The summed E-state index contributed by atoms with van der Waals surface area (Å²) < 4.78 is 2.63. The van der Waals surface area contributed by atoms with Crippen LogP contribution in [-0.4, -0.2) is 10.2 Å². The van der Waals surface area contributed by atoms with Gasteiger partial charge in [-0.25, -0.2) is 0 Å². The normalized spacial score (nSPS) is 11.7. The molecular formula is C17H16Br4O2. The van der Waals surface area contributed by atoms with E-state index in [-0.39, 0.29) is 16.9 Å². The van der Waals surface area contributed by atoms with Gasteiger partial charge in [-0.1, -0.05) is 13.8 Å². The van der Waals surface area contributed by atoms with Crippen molar-refractivity contribution in [1.82, 2.24) is 0 Å². The first-order chi connectivity index (χ1) is 10.8. The number of benzene rings is 2. The molecular weight excluding hydrogens is 556 g/mol. The number of halogens is 4. The quantitative estimate of drug-likeness (QED) is 0.406. The third kappa shape index (κ3) is 3.51. The maximum Gasteiger partial charge on any atom is 0.143 e. The Labute approximate surface area is 169 Å². The summed E-state index contributed by atoms with van der Waals surface area (Å²) in [5.41, 5.74) is 1.98. The molecule has 0 saturated carbocycles. The van der Waals surface area contributed by atoms with Gasteiger partial charge in [-0.15, -0.1) is 0 Å². The lowest BCUT2D eigenvalue weighted by Gasteiger charge is -2.34. The highest BCUT2D eigenvalue weighted by Gasteiger charge is 2.33. The Morgan fingerprint density at radius 1 is 0.696 bits per heavy atom. The zero-order chi connectivity index (χ0) is 17.4. The van der Waals surface area contributed by atoms with Gasteiger partial charge in [-0.2, -0.15) is 0 Å². The van der Waals surface area contributed by atoms with Crippen molar-refractivity contribution in [1.29, 1.82) is 0 Å². The van der Waals surface area contributed by atoms with Crippen molar-refractivity contribution in [2.75, 3.05) is 0 Å². The Bertz CT molecular complexity index is 634. The van der Waals surface area contributed by atoms with E-state index in [9.17, 15) is 10.2 Å². The Morgan fingerprint density at radius 2 is 0.957 bits per heavy atom. The topological polar surface area (TPSA) is 40.5 Å². The van der Waals surface area contributed by atoms with Crippen LogP contribution in [0.5, 0.6) is 11.5 Å². The van der Waals surface area contributed by atoms with E-state index in [0.29, 0.717) is 17.9 Å². The fourth-order valence-electron chi connectivity index (χ4n) is 2.92. The van der Waals surface area contributed by atoms with E-state index in [2.05, 4.69) is 77.6 Å². The highest BCUT2D eigenvalue weighted by molar-refractivity contribution is 9.11. The molecule has 6 heteroatoms. The van der Waals surface area contributed by atoms with Crippen molar-refractivity contribution >= 4 is 63.7 Å². The summed E-state index contributed by atoms with van der Waals surface area (Å²) in [6.07, 6.45) is 1.77. The third-order valence-electron chi connectivity index (χ3n) is 4.35. The zero-order valence-electron chi connectivity index (χ0n) is 12.6. The van der Waals surface area contributed by atoms with Crippen LogP contribution < -0.4 is 0 Å². The number of hydrogen-bond donors (Lipinski definition) is 2. The maximum atomic E-state index is 10.00. The minimum Gasteiger partial charge on any atom is -0.506 e. The highest BCUT2D eigenvalue weighted by atomic mass is 79.9. The standard InChI is InChI=1S/C17H16Br4O2/c1-3-17(4-2,9-5-11(18)15(22)12(19)6-9)10-7-13(20)16(23)14(21)8-10/h5-8,22-23H,3-4H2,1-2H3. The number of phenols is 2. The number of aromatic hydroxyl groups is 2.